The lowest BCUT2D eigenvalue weighted by atomic mass is 10.1. The molecule has 0 aliphatic carbocycles. The Labute approximate surface area is 172 Å². The quantitative estimate of drug-likeness (QED) is 0.526. The largest absolute Gasteiger partial charge is 0.347 e. The third-order valence-electron chi connectivity index (χ3n) is 4.77. The van der Waals surface area contributed by atoms with Gasteiger partial charge < -0.3 is 4.57 Å². The van der Waals surface area contributed by atoms with Crippen molar-refractivity contribution in [2.24, 2.45) is 7.05 Å². The number of benzene rings is 2. The normalized spacial score (nSPS) is 15.6. The van der Waals surface area contributed by atoms with Gasteiger partial charge in [0, 0.05) is 34.8 Å². The Morgan fingerprint density at radius 2 is 1.79 bits per heavy atom. The highest BCUT2D eigenvalue weighted by atomic mass is 32.2. The number of carbonyl (C=O) groups excluding carboxylic acids is 2. The Morgan fingerprint density at radius 1 is 1.11 bits per heavy atom. The molecule has 4 rings (SSSR count). The van der Waals surface area contributed by atoms with E-state index in [2.05, 4.69) is 9.99 Å². The monoisotopic (exact) mass is 407 g/mol. The molecule has 7 heteroatoms. The molecule has 28 heavy (non-hydrogen) atoms. The number of aryl methyl sites for hydroxylation is 1. The lowest BCUT2D eigenvalue weighted by molar-refractivity contribution is -0.123. The molecule has 1 aromatic heterocycles. The van der Waals surface area contributed by atoms with Crippen LogP contribution in [0.15, 0.2) is 59.5 Å². The maximum absolute atomic E-state index is 12.9. The minimum atomic E-state index is -0.375. The van der Waals surface area contributed by atoms with Crippen LogP contribution in [0.1, 0.15) is 21.6 Å². The van der Waals surface area contributed by atoms with Crippen molar-refractivity contribution in [3.8, 4) is 0 Å². The second-order valence-corrected chi connectivity index (χ2v) is 8.08. The van der Waals surface area contributed by atoms with Gasteiger partial charge in [-0.05, 0) is 43.4 Å². The van der Waals surface area contributed by atoms with Gasteiger partial charge in [-0.1, -0.05) is 48.2 Å². The molecule has 0 unspecified atom stereocenters. The van der Waals surface area contributed by atoms with Gasteiger partial charge in [0.05, 0.1) is 4.91 Å². The molecular formula is C21H17N3O2S2. The number of para-hydroxylation sites is 1. The number of hydrogen-bond acceptors (Lipinski definition) is 4. The van der Waals surface area contributed by atoms with Gasteiger partial charge in [0.2, 0.25) is 0 Å². The number of rotatable bonds is 3. The van der Waals surface area contributed by atoms with Crippen LogP contribution in [0.5, 0.6) is 0 Å². The van der Waals surface area contributed by atoms with Crippen LogP contribution in [0, 0.1) is 6.92 Å². The van der Waals surface area contributed by atoms with Crippen molar-refractivity contribution in [2.45, 2.75) is 6.92 Å². The summed E-state index contributed by atoms with van der Waals surface area (Å²) in [6.07, 6.45) is 1.85. The fourth-order valence-corrected chi connectivity index (χ4v) is 4.34. The smallest absolute Gasteiger partial charge is 0.285 e. The van der Waals surface area contributed by atoms with Gasteiger partial charge in [-0.2, -0.15) is 5.01 Å². The van der Waals surface area contributed by atoms with E-state index < -0.39 is 0 Å². The third-order valence-corrected chi connectivity index (χ3v) is 6.07. The molecule has 2 aromatic carbocycles. The van der Waals surface area contributed by atoms with Gasteiger partial charge in [0.1, 0.15) is 0 Å². The second-order valence-electron chi connectivity index (χ2n) is 6.40. The molecule has 0 atom stereocenters. The Balaban J connectivity index is 1.65. The van der Waals surface area contributed by atoms with Crippen molar-refractivity contribution in [3.05, 3.63) is 76.3 Å². The lowest BCUT2D eigenvalue weighted by Crippen LogP contribution is -2.44. The summed E-state index contributed by atoms with van der Waals surface area (Å²) in [5.74, 6) is -0.703. The molecule has 2 heterocycles. The Kier molecular flexibility index (Phi) is 4.78. The van der Waals surface area contributed by atoms with Gasteiger partial charge in [0.15, 0.2) is 4.32 Å². The van der Waals surface area contributed by atoms with Crippen LogP contribution < -0.4 is 5.43 Å². The van der Waals surface area contributed by atoms with Crippen molar-refractivity contribution in [1.82, 2.24) is 15.0 Å². The van der Waals surface area contributed by atoms with Crippen molar-refractivity contribution >= 4 is 57.1 Å². The minimum absolute atomic E-state index is 0.304. The molecule has 3 aromatic rings. The summed E-state index contributed by atoms with van der Waals surface area (Å²) in [7, 11) is 2.00. The van der Waals surface area contributed by atoms with E-state index in [0.29, 0.717) is 14.8 Å². The van der Waals surface area contributed by atoms with Crippen molar-refractivity contribution < 1.29 is 9.59 Å². The fraction of sp³-hybridized carbons (Fsp3) is 0.0952. The number of nitrogens with one attached hydrogen (secondary N) is 1. The van der Waals surface area contributed by atoms with Gasteiger partial charge in [-0.15, -0.1) is 0 Å². The predicted molar refractivity (Wildman–Crippen MR) is 117 cm³/mol. The average Bonchev–Trinajstić information content (AvgIpc) is 3.12. The number of thioether (sulfide) groups is 1. The lowest BCUT2D eigenvalue weighted by Gasteiger charge is -2.15. The predicted octanol–water partition coefficient (Wildman–Crippen LogP) is 4.03. The molecule has 0 spiro atoms. The zero-order valence-corrected chi connectivity index (χ0v) is 16.9. The molecule has 0 bridgehead atoms. The van der Waals surface area contributed by atoms with Crippen LogP contribution in [0.2, 0.25) is 0 Å². The summed E-state index contributed by atoms with van der Waals surface area (Å²) in [6.45, 7) is 2.02. The molecule has 1 fully saturated rings. The van der Waals surface area contributed by atoms with E-state index in [-0.39, 0.29) is 11.8 Å². The zero-order valence-electron chi connectivity index (χ0n) is 15.3. The van der Waals surface area contributed by atoms with Gasteiger partial charge in [-0.25, -0.2) is 0 Å². The number of nitrogens with zero attached hydrogens (tertiary/aromatic N) is 2. The number of hydrogen-bond donors (Lipinski definition) is 1. The highest BCUT2D eigenvalue weighted by Gasteiger charge is 2.34. The molecule has 140 valence electrons. The highest BCUT2D eigenvalue weighted by molar-refractivity contribution is 8.26. The number of fused-ring (bicyclic) bond motifs is 1. The first-order valence-corrected chi connectivity index (χ1v) is 9.88. The summed E-state index contributed by atoms with van der Waals surface area (Å²) in [6, 6.07) is 16.8. The molecule has 1 N–H and O–H groups in total. The van der Waals surface area contributed by atoms with Crippen LogP contribution in [0.3, 0.4) is 0 Å². The van der Waals surface area contributed by atoms with E-state index >= 15 is 0 Å². The Hall–Kier alpha value is -2.90. The number of aromatic nitrogens is 1. The maximum Gasteiger partial charge on any atom is 0.285 e. The standard InChI is InChI=1S/C21H17N3O2S2/c1-13-16(15-10-6-7-11-17(15)23(13)2)12-18-20(26)24(21(27)28-18)22-19(25)14-8-4-3-5-9-14/h3-12H,1-2H3,(H,22,25)/b18-12-. The van der Waals surface area contributed by atoms with E-state index in [0.717, 1.165) is 27.2 Å². The highest BCUT2D eigenvalue weighted by Crippen LogP contribution is 2.34. The number of hydrazine groups is 1. The number of carbonyl (C=O) groups is 2. The molecule has 0 saturated carbocycles. The first-order valence-electron chi connectivity index (χ1n) is 8.65. The van der Waals surface area contributed by atoms with Crippen LogP contribution in [0.25, 0.3) is 17.0 Å². The molecule has 5 nitrogen and oxygen atoms in total. The summed E-state index contributed by atoms with van der Waals surface area (Å²) in [4.78, 5) is 25.7. The van der Waals surface area contributed by atoms with Crippen LogP contribution >= 0.6 is 24.0 Å². The first-order chi connectivity index (χ1) is 13.5. The maximum atomic E-state index is 12.9. The molecule has 0 radical (unpaired) electrons. The van der Waals surface area contributed by atoms with Crippen molar-refractivity contribution in [2.75, 3.05) is 0 Å². The van der Waals surface area contributed by atoms with Crippen LogP contribution in [0.4, 0.5) is 0 Å². The SMILES string of the molecule is Cc1c(/C=C2\SC(=S)N(NC(=O)c3ccccc3)C2=O)c2ccccc2n1C. The molecular weight excluding hydrogens is 390 g/mol. The Bertz CT molecular complexity index is 1150. The average molecular weight is 408 g/mol. The molecule has 1 aliphatic heterocycles. The van der Waals surface area contributed by atoms with E-state index in [1.807, 2.05) is 50.4 Å². The van der Waals surface area contributed by atoms with Gasteiger partial charge in [0.25, 0.3) is 11.8 Å². The third kappa shape index (κ3) is 3.12. The molecule has 1 saturated heterocycles. The number of amides is 2. The first kappa shape index (κ1) is 18.5. The van der Waals surface area contributed by atoms with E-state index in [1.54, 1.807) is 24.3 Å². The molecule has 1 aliphatic rings. The van der Waals surface area contributed by atoms with E-state index in [4.69, 9.17) is 12.2 Å². The van der Waals surface area contributed by atoms with Crippen molar-refractivity contribution in [3.63, 3.8) is 0 Å². The van der Waals surface area contributed by atoms with Gasteiger partial charge >= 0.3 is 0 Å². The summed E-state index contributed by atoms with van der Waals surface area (Å²) < 4.78 is 2.40. The fourth-order valence-electron chi connectivity index (χ4n) is 3.18. The molecule has 2 amide bonds. The minimum Gasteiger partial charge on any atom is -0.347 e. The summed E-state index contributed by atoms with van der Waals surface area (Å²) in [5.41, 5.74) is 6.20. The van der Waals surface area contributed by atoms with Crippen LogP contribution in [-0.4, -0.2) is 25.7 Å². The van der Waals surface area contributed by atoms with E-state index in [9.17, 15) is 9.59 Å². The topological polar surface area (TPSA) is 54.3 Å². The second kappa shape index (κ2) is 7.26. The van der Waals surface area contributed by atoms with Crippen LogP contribution in [-0.2, 0) is 11.8 Å². The summed E-state index contributed by atoms with van der Waals surface area (Å²) in [5, 5.41) is 2.21. The van der Waals surface area contributed by atoms with E-state index in [1.165, 1.54) is 11.8 Å². The Morgan fingerprint density at radius 3 is 2.54 bits per heavy atom. The zero-order chi connectivity index (χ0) is 19.8. The summed E-state index contributed by atoms with van der Waals surface area (Å²) >= 11 is 6.51. The van der Waals surface area contributed by atoms with Gasteiger partial charge in [-0.3, -0.25) is 15.0 Å². The van der Waals surface area contributed by atoms with Crippen molar-refractivity contribution in [1.29, 1.82) is 0 Å². The number of thiocarbonyl (C=S) groups is 1.